The first-order chi connectivity index (χ1) is 8.76. The van der Waals surface area contributed by atoms with Crippen LogP contribution in [-0.2, 0) is 4.79 Å². The van der Waals surface area contributed by atoms with Gasteiger partial charge in [0.1, 0.15) is 0 Å². The topological polar surface area (TPSA) is 71.1 Å². The summed E-state index contributed by atoms with van der Waals surface area (Å²) in [5.74, 6) is -0.470. The number of carbonyl (C=O) groups excluding carboxylic acids is 1. The van der Waals surface area contributed by atoms with E-state index in [-0.39, 0.29) is 0 Å². The first kappa shape index (κ1) is 12.1. The van der Waals surface area contributed by atoms with Gasteiger partial charge in [-0.2, -0.15) is 4.37 Å². The van der Waals surface area contributed by atoms with E-state index in [9.17, 15) is 4.79 Å². The van der Waals surface area contributed by atoms with Crippen LogP contribution in [0.1, 0.15) is 0 Å². The van der Waals surface area contributed by atoms with Crippen molar-refractivity contribution in [3.63, 3.8) is 0 Å². The van der Waals surface area contributed by atoms with Crippen LogP contribution in [0.25, 0.3) is 15.7 Å². The highest BCUT2D eigenvalue weighted by molar-refractivity contribution is 7.11. The Morgan fingerprint density at radius 1 is 1.56 bits per heavy atom. The smallest absolute Gasteiger partial charge is 0.350 e. The number of nitrogens with one attached hydrogen (secondary N) is 1. The second-order valence-corrected chi connectivity index (χ2v) is 4.09. The maximum Gasteiger partial charge on any atom is 0.410 e. The fraction of sp³-hybridized carbons (Fsp3) is 0.182. The first-order valence-electron chi connectivity index (χ1n) is 5.09. The van der Waals surface area contributed by atoms with Crippen molar-refractivity contribution in [1.29, 1.82) is 0 Å². The van der Waals surface area contributed by atoms with Crippen molar-refractivity contribution in [1.82, 2.24) is 9.69 Å². The average molecular weight is 259 g/mol. The molecule has 1 amide bonds. The van der Waals surface area contributed by atoms with E-state index in [0.717, 1.165) is 10.9 Å². The van der Waals surface area contributed by atoms with Crippen LogP contribution >= 0.6 is 11.5 Å². The fourth-order valence-corrected chi connectivity index (χ4v) is 2.02. The van der Waals surface area contributed by atoms with E-state index in [0.29, 0.717) is 5.00 Å². The molecule has 1 aromatic carbocycles. The fourth-order valence-electron chi connectivity index (χ4n) is 1.32. The molecule has 0 aliphatic rings. The van der Waals surface area contributed by atoms with Crippen LogP contribution < -0.4 is 5.32 Å². The highest BCUT2D eigenvalue weighted by atomic mass is 32.1. The molecule has 1 aromatic heterocycles. The van der Waals surface area contributed by atoms with E-state index in [2.05, 4.69) is 24.8 Å². The van der Waals surface area contributed by atoms with Crippen molar-refractivity contribution in [2.45, 2.75) is 6.17 Å². The van der Waals surface area contributed by atoms with E-state index in [4.69, 9.17) is 6.57 Å². The Morgan fingerprint density at radius 2 is 2.33 bits per heavy atom. The summed E-state index contributed by atoms with van der Waals surface area (Å²) in [6.45, 7) is 6.88. The lowest BCUT2D eigenvalue weighted by Gasteiger charge is -1.95. The van der Waals surface area contributed by atoms with Crippen molar-refractivity contribution in [3.8, 4) is 0 Å². The third-order valence-electron chi connectivity index (χ3n) is 2.23. The molecule has 1 heterocycles. The Labute approximate surface area is 107 Å². The molecule has 1 N–H and O–H groups in total. The molecule has 6 nitrogen and oxygen atoms in total. The molecule has 0 saturated heterocycles. The summed E-state index contributed by atoms with van der Waals surface area (Å²) < 4.78 is 4.20. The molecule has 0 fully saturated rings. The van der Waals surface area contributed by atoms with Gasteiger partial charge in [0.2, 0.25) is 0 Å². The highest BCUT2D eigenvalue weighted by Crippen LogP contribution is 2.30. The number of aromatic nitrogens is 1. The van der Waals surface area contributed by atoms with Crippen molar-refractivity contribution in [3.05, 3.63) is 35.7 Å². The molecule has 2 aromatic rings. The number of likely N-dealkylation sites (N-methyl/N-ethyl adjacent to an activating group) is 1. The monoisotopic (exact) mass is 259 g/mol. The Morgan fingerprint density at radius 3 is 3.06 bits per heavy atom. The number of carbonyl (C=O) groups is 1. The van der Waals surface area contributed by atoms with Crippen LogP contribution in [0.15, 0.2) is 34.5 Å². The minimum absolute atomic E-state index is 0.470. The normalized spacial score (nSPS) is 12.4. The van der Waals surface area contributed by atoms with E-state index < -0.39 is 12.1 Å². The van der Waals surface area contributed by atoms with Gasteiger partial charge < -0.3 is 5.32 Å². The van der Waals surface area contributed by atoms with E-state index in [1.165, 1.54) is 18.6 Å². The summed E-state index contributed by atoms with van der Waals surface area (Å²) in [5.41, 5.74) is 0.829. The molecule has 0 aliphatic heterocycles. The zero-order chi connectivity index (χ0) is 13.0. The van der Waals surface area contributed by atoms with E-state index >= 15 is 0 Å². The number of fused-ring (bicyclic) bond motifs is 1. The summed E-state index contributed by atoms with van der Waals surface area (Å²) in [4.78, 5) is 14.4. The lowest BCUT2D eigenvalue weighted by molar-refractivity contribution is -0.120. The Balaban J connectivity index is 2.28. The largest absolute Gasteiger partial charge is 0.410 e. The Kier molecular flexibility index (Phi) is 3.60. The van der Waals surface area contributed by atoms with Gasteiger partial charge in [-0.25, -0.2) is 6.57 Å². The van der Waals surface area contributed by atoms with Gasteiger partial charge in [0.25, 0.3) is 0 Å². The second-order valence-electron chi connectivity index (χ2n) is 3.34. The SMILES string of the molecule is [C-]#[N+]C(N=Nc1snc2ccccc12)C(=O)NC. The third kappa shape index (κ3) is 2.33. The maximum atomic E-state index is 11.3. The predicted octanol–water partition coefficient (Wildman–Crippen LogP) is 2.37. The number of hydrogen-bond donors (Lipinski definition) is 1. The van der Waals surface area contributed by atoms with Gasteiger partial charge in [0.15, 0.2) is 5.00 Å². The number of azo groups is 1. The average Bonchev–Trinajstić information content (AvgIpc) is 2.82. The van der Waals surface area contributed by atoms with Gasteiger partial charge in [0.05, 0.1) is 5.52 Å². The number of benzene rings is 1. The highest BCUT2D eigenvalue weighted by Gasteiger charge is 2.20. The molecule has 0 radical (unpaired) electrons. The number of hydrogen-bond acceptors (Lipinski definition) is 5. The van der Waals surface area contributed by atoms with Gasteiger partial charge in [-0.15, -0.1) is 5.11 Å². The standard InChI is InChI=1S/C11H9N5OS/c1-12-9(10(17)13-2)14-15-11-7-5-3-4-6-8(7)16-18-11/h3-6,9H,2H3,(H,13,17). The van der Waals surface area contributed by atoms with Crippen LogP contribution in [0, 0.1) is 6.57 Å². The Hall–Kier alpha value is -2.33. The number of nitrogens with zero attached hydrogens (tertiary/aromatic N) is 4. The number of rotatable bonds is 3. The van der Waals surface area contributed by atoms with Crippen LogP contribution in [-0.4, -0.2) is 23.5 Å². The van der Waals surface area contributed by atoms with Crippen LogP contribution in [0.2, 0.25) is 0 Å². The van der Waals surface area contributed by atoms with Crippen LogP contribution in [0.4, 0.5) is 5.00 Å². The van der Waals surface area contributed by atoms with Gasteiger partial charge in [-0.1, -0.05) is 17.2 Å². The molecule has 0 spiro atoms. The minimum Gasteiger partial charge on any atom is -0.350 e. The Bertz CT molecular complexity index is 642. The van der Waals surface area contributed by atoms with Crippen molar-refractivity contribution >= 4 is 33.3 Å². The molecule has 90 valence electrons. The third-order valence-corrected chi connectivity index (χ3v) is 2.99. The van der Waals surface area contributed by atoms with Gasteiger partial charge in [0, 0.05) is 12.4 Å². The molecular weight excluding hydrogens is 250 g/mol. The molecule has 18 heavy (non-hydrogen) atoms. The van der Waals surface area contributed by atoms with Crippen molar-refractivity contribution in [2.24, 2.45) is 10.2 Å². The van der Waals surface area contributed by atoms with Gasteiger partial charge >= 0.3 is 12.1 Å². The summed E-state index contributed by atoms with van der Waals surface area (Å²) in [6.07, 6.45) is -1.14. The lowest BCUT2D eigenvalue weighted by atomic mass is 10.2. The van der Waals surface area contributed by atoms with Gasteiger partial charge in [-0.05, 0) is 23.7 Å². The van der Waals surface area contributed by atoms with Crippen molar-refractivity contribution < 1.29 is 4.79 Å². The quantitative estimate of drug-likeness (QED) is 0.679. The van der Waals surface area contributed by atoms with E-state index in [1.54, 1.807) is 0 Å². The molecular formula is C11H9N5OS. The molecule has 0 aliphatic carbocycles. The first-order valence-corrected chi connectivity index (χ1v) is 5.87. The molecule has 2 rings (SSSR count). The van der Waals surface area contributed by atoms with Crippen molar-refractivity contribution in [2.75, 3.05) is 7.05 Å². The van der Waals surface area contributed by atoms with E-state index in [1.807, 2.05) is 24.3 Å². The number of amides is 1. The second kappa shape index (κ2) is 5.33. The maximum absolute atomic E-state index is 11.3. The zero-order valence-corrected chi connectivity index (χ0v) is 10.3. The lowest BCUT2D eigenvalue weighted by Crippen LogP contribution is -2.27. The van der Waals surface area contributed by atoms with Gasteiger partial charge in [-0.3, -0.25) is 9.64 Å². The predicted molar refractivity (Wildman–Crippen MR) is 68.6 cm³/mol. The zero-order valence-electron chi connectivity index (χ0n) is 9.49. The van der Waals surface area contributed by atoms with Crippen LogP contribution in [0.5, 0.6) is 0 Å². The minimum atomic E-state index is -1.14. The summed E-state index contributed by atoms with van der Waals surface area (Å²) >= 11 is 1.19. The molecule has 0 saturated carbocycles. The molecule has 1 unspecified atom stereocenters. The molecule has 7 heteroatoms. The molecule has 1 atom stereocenters. The summed E-state index contributed by atoms with van der Waals surface area (Å²) in [6, 6.07) is 7.51. The van der Waals surface area contributed by atoms with Crippen LogP contribution in [0.3, 0.4) is 0 Å². The summed E-state index contributed by atoms with van der Waals surface area (Å²) in [7, 11) is 1.46. The molecule has 0 bridgehead atoms. The summed E-state index contributed by atoms with van der Waals surface area (Å²) in [5, 5.41) is 11.5.